The number of nitrogens with one attached hydrogen (secondary N) is 1. The van der Waals surface area contributed by atoms with E-state index in [1.54, 1.807) is 18.2 Å². The van der Waals surface area contributed by atoms with Crippen LogP contribution >= 0.6 is 23.2 Å². The average molecular weight is 383 g/mol. The number of para-hydroxylation sites is 1. The van der Waals surface area contributed by atoms with Gasteiger partial charge in [-0.15, -0.1) is 0 Å². The van der Waals surface area contributed by atoms with E-state index in [1.165, 1.54) is 30.6 Å². The van der Waals surface area contributed by atoms with Crippen LogP contribution in [0.25, 0.3) is 0 Å². The van der Waals surface area contributed by atoms with Gasteiger partial charge in [0.05, 0.1) is 10.0 Å². The monoisotopic (exact) mass is 382 g/mol. The number of hydrogen-bond donors (Lipinski definition) is 2. The largest absolute Gasteiger partial charge is 0.369 e. The summed E-state index contributed by atoms with van der Waals surface area (Å²) < 4.78 is 0. The average Bonchev–Trinajstić information content (AvgIpc) is 2.48. The molecule has 2 aliphatic carbocycles. The molecular weight excluding hydrogens is 359 g/mol. The fourth-order valence-corrected chi connectivity index (χ4v) is 3.49. The van der Waals surface area contributed by atoms with Gasteiger partial charge in [0.1, 0.15) is 5.69 Å². The Morgan fingerprint density at radius 3 is 2.28 bits per heavy atom. The van der Waals surface area contributed by atoms with Gasteiger partial charge >= 0.3 is 6.03 Å². The zero-order valence-electron chi connectivity index (χ0n) is 14.2. The summed E-state index contributed by atoms with van der Waals surface area (Å²) in [6.45, 7) is 1.27. The standard InChI is InChI=1S/C18H24Cl2N4O/c19-14-8-3-9-15(20)16(14)23-17(21)24(11-13-6-2-7-13)18(25)22-10-12-4-1-5-12/h3,8-9,12-13H,1-2,4-7,10-11H2,(H2,21,23)(H,22,25). The summed E-state index contributed by atoms with van der Waals surface area (Å²) in [6.07, 6.45) is 7.05. The lowest BCUT2D eigenvalue weighted by Gasteiger charge is -2.33. The molecule has 0 bridgehead atoms. The molecule has 0 atom stereocenters. The summed E-state index contributed by atoms with van der Waals surface area (Å²) in [5, 5.41) is 3.82. The van der Waals surface area contributed by atoms with Gasteiger partial charge in [0.15, 0.2) is 0 Å². The Labute approximate surface area is 158 Å². The van der Waals surface area contributed by atoms with Gasteiger partial charge < -0.3 is 11.1 Å². The molecule has 0 aliphatic heterocycles. The van der Waals surface area contributed by atoms with Crippen molar-refractivity contribution < 1.29 is 4.79 Å². The molecule has 0 spiro atoms. The molecule has 136 valence electrons. The third kappa shape index (κ3) is 4.59. The smallest absolute Gasteiger partial charge is 0.324 e. The number of carbonyl (C=O) groups excluding carboxylic acids is 1. The molecule has 2 aliphatic rings. The van der Waals surface area contributed by atoms with E-state index >= 15 is 0 Å². The highest BCUT2D eigenvalue weighted by atomic mass is 35.5. The Bertz CT molecular complexity index is 636. The summed E-state index contributed by atoms with van der Waals surface area (Å²) >= 11 is 12.3. The molecule has 1 aromatic carbocycles. The molecule has 2 saturated carbocycles. The third-order valence-corrected chi connectivity index (χ3v) is 5.73. The van der Waals surface area contributed by atoms with Crippen molar-refractivity contribution >= 4 is 40.9 Å². The second-order valence-corrected chi connectivity index (χ2v) is 7.75. The van der Waals surface area contributed by atoms with Gasteiger partial charge in [-0.3, -0.25) is 4.90 Å². The van der Waals surface area contributed by atoms with Crippen LogP contribution in [0.2, 0.25) is 10.0 Å². The van der Waals surface area contributed by atoms with E-state index in [0.29, 0.717) is 40.7 Å². The third-order valence-electron chi connectivity index (χ3n) is 5.12. The molecule has 0 radical (unpaired) electrons. The van der Waals surface area contributed by atoms with Gasteiger partial charge in [-0.1, -0.05) is 42.1 Å². The minimum atomic E-state index is -0.191. The maximum atomic E-state index is 12.7. The quantitative estimate of drug-likeness (QED) is 0.578. The minimum Gasteiger partial charge on any atom is -0.369 e. The first-order valence-electron chi connectivity index (χ1n) is 8.88. The number of guanidine groups is 1. The Kier molecular flexibility index (Phi) is 6.07. The number of nitrogens with zero attached hydrogens (tertiary/aromatic N) is 2. The van der Waals surface area contributed by atoms with E-state index < -0.39 is 0 Å². The Morgan fingerprint density at radius 1 is 1.16 bits per heavy atom. The fraction of sp³-hybridized carbons (Fsp3) is 0.556. The van der Waals surface area contributed by atoms with Gasteiger partial charge in [0.25, 0.3) is 0 Å². The summed E-state index contributed by atoms with van der Waals surface area (Å²) in [5.74, 6) is 1.20. The van der Waals surface area contributed by atoms with E-state index in [1.807, 2.05) is 0 Å². The number of rotatable bonds is 5. The van der Waals surface area contributed by atoms with Crippen molar-refractivity contribution in [2.45, 2.75) is 38.5 Å². The molecule has 0 unspecified atom stereocenters. The molecule has 2 fully saturated rings. The molecule has 0 heterocycles. The molecule has 2 amide bonds. The van der Waals surface area contributed by atoms with Crippen molar-refractivity contribution in [3.05, 3.63) is 28.2 Å². The molecule has 0 saturated heterocycles. The second-order valence-electron chi connectivity index (χ2n) is 6.93. The normalized spacial score (nSPS) is 18.4. The number of benzene rings is 1. The van der Waals surface area contributed by atoms with E-state index in [2.05, 4.69) is 10.3 Å². The number of aliphatic imine (C=N–C) groups is 1. The lowest BCUT2D eigenvalue weighted by Crippen LogP contribution is -2.51. The molecule has 7 heteroatoms. The molecule has 25 heavy (non-hydrogen) atoms. The Morgan fingerprint density at radius 2 is 1.76 bits per heavy atom. The summed E-state index contributed by atoms with van der Waals surface area (Å²) in [6, 6.07) is 4.96. The fourth-order valence-electron chi connectivity index (χ4n) is 3.01. The summed E-state index contributed by atoms with van der Waals surface area (Å²) in [4.78, 5) is 18.5. The van der Waals surface area contributed by atoms with Crippen LogP contribution < -0.4 is 11.1 Å². The first-order chi connectivity index (χ1) is 12.0. The van der Waals surface area contributed by atoms with Crippen LogP contribution in [-0.4, -0.2) is 30.0 Å². The van der Waals surface area contributed by atoms with E-state index in [9.17, 15) is 4.79 Å². The zero-order valence-corrected chi connectivity index (χ0v) is 15.7. The van der Waals surface area contributed by atoms with E-state index in [-0.39, 0.29) is 12.0 Å². The first-order valence-corrected chi connectivity index (χ1v) is 9.63. The maximum absolute atomic E-state index is 12.7. The van der Waals surface area contributed by atoms with Crippen molar-refractivity contribution in [2.75, 3.05) is 13.1 Å². The van der Waals surface area contributed by atoms with Gasteiger partial charge in [0, 0.05) is 13.1 Å². The number of hydrogen-bond acceptors (Lipinski definition) is 2. The van der Waals surface area contributed by atoms with Crippen molar-refractivity contribution in [3.8, 4) is 0 Å². The molecular formula is C18H24Cl2N4O. The SMILES string of the molecule is NC(=Nc1c(Cl)cccc1Cl)N(CC1CCC1)C(=O)NCC1CCC1. The molecule has 5 nitrogen and oxygen atoms in total. The highest BCUT2D eigenvalue weighted by molar-refractivity contribution is 6.38. The zero-order chi connectivity index (χ0) is 17.8. The van der Waals surface area contributed by atoms with Gasteiger partial charge in [0.2, 0.25) is 5.96 Å². The molecule has 0 aromatic heterocycles. The van der Waals surface area contributed by atoms with Crippen LogP contribution in [0.1, 0.15) is 38.5 Å². The maximum Gasteiger partial charge on any atom is 0.324 e. The van der Waals surface area contributed by atoms with Crippen LogP contribution in [0.4, 0.5) is 10.5 Å². The number of halogens is 2. The second kappa shape index (κ2) is 8.28. The van der Waals surface area contributed by atoms with Gasteiger partial charge in [-0.05, 0) is 49.7 Å². The minimum absolute atomic E-state index is 0.132. The summed E-state index contributed by atoms with van der Waals surface area (Å²) in [5.41, 5.74) is 6.56. The van der Waals surface area contributed by atoms with Crippen molar-refractivity contribution in [3.63, 3.8) is 0 Å². The predicted octanol–water partition coefficient (Wildman–Crippen LogP) is 4.55. The number of carbonyl (C=O) groups is 1. The Hall–Kier alpha value is -1.46. The van der Waals surface area contributed by atoms with Crippen LogP contribution in [0.5, 0.6) is 0 Å². The van der Waals surface area contributed by atoms with Crippen LogP contribution in [0.15, 0.2) is 23.2 Å². The number of amides is 2. The summed E-state index contributed by atoms with van der Waals surface area (Å²) in [7, 11) is 0. The van der Waals surface area contributed by atoms with E-state index in [4.69, 9.17) is 28.9 Å². The van der Waals surface area contributed by atoms with Gasteiger partial charge in [-0.25, -0.2) is 9.79 Å². The van der Waals surface area contributed by atoms with Crippen LogP contribution in [-0.2, 0) is 0 Å². The molecule has 3 rings (SSSR count). The lowest BCUT2D eigenvalue weighted by atomic mass is 9.85. The number of urea groups is 1. The van der Waals surface area contributed by atoms with Crippen molar-refractivity contribution in [2.24, 2.45) is 22.6 Å². The highest BCUT2D eigenvalue weighted by Gasteiger charge is 2.27. The lowest BCUT2D eigenvalue weighted by molar-refractivity contribution is 0.194. The molecule has 3 N–H and O–H groups in total. The number of nitrogens with two attached hydrogens (primary N) is 1. The van der Waals surface area contributed by atoms with E-state index in [0.717, 1.165) is 12.8 Å². The predicted molar refractivity (Wildman–Crippen MR) is 103 cm³/mol. The van der Waals surface area contributed by atoms with Gasteiger partial charge in [-0.2, -0.15) is 0 Å². The molecule has 1 aromatic rings. The van der Waals surface area contributed by atoms with Crippen LogP contribution in [0.3, 0.4) is 0 Å². The Balaban J connectivity index is 1.74. The van der Waals surface area contributed by atoms with Crippen LogP contribution in [0, 0.1) is 11.8 Å². The topological polar surface area (TPSA) is 70.7 Å². The highest BCUT2D eigenvalue weighted by Crippen LogP contribution is 2.33. The van der Waals surface area contributed by atoms with Crippen molar-refractivity contribution in [1.82, 2.24) is 10.2 Å². The van der Waals surface area contributed by atoms with Crippen molar-refractivity contribution in [1.29, 1.82) is 0 Å². The first kappa shape index (κ1) is 18.3.